The highest BCUT2D eigenvalue weighted by Gasteiger charge is 2.45. The Balaban J connectivity index is 1.46. The lowest BCUT2D eigenvalue weighted by atomic mass is 10.0. The number of pyridine rings is 1. The largest absolute Gasteiger partial charge is 0.461 e. The Morgan fingerprint density at radius 3 is 2.43 bits per heavy atom. The lowest BCUT2D eigenvalue weighted by Crippen LogP contribution is -2.61. The van der Waals surface area contributed by atoms with Crippen molar-refractivity contribution in [3.8, 4) is 0 Å². The summed E-state index contributed by atoms with van der Waals surface area (Å²) < 4.78 is 5.68. The Kier molecular flexibility index (Phi) is 13.2. The molecule has 3 saturated heterocycles. The van der Waals surface area contributed by atoms with Gasteiger partial charge in [0.05, 0.1) is 0 Å². The third-order valence-electron chi connectivity index (χ3n) is 9.95. The van der Waals surface area contributed by atoms with Crippen LogP contribution in [0.1, 0.15) is 45.1 Å². The van der Waals surface area contributed by atoms with Crippen LogP contribution in [0.3, 0.4) is 0 Å². The fraction of sp³-hybridized carbons (Fsp3) is 0.514. The van der Waals surface area contributed by atoms with E-state index >= 15 is 0 Å². The van der Waals surface area contributed by atoms with Crippen LogP contribution < -0.4 is 21.3 Å². The van der Waals surface area contributed by atoms with Crippen molar-refractivity contribution in [2.45, 2.75) is 82.2 Å². The first-order valence-corrected chi connectivity index (χ1v) is 18.2. The number of fused-ring (bicyclic) bond motifs is 2. The molecule has 3 aliphatic rings. The van der Waals surface area contributed by atoms with E-state index in [4.69, 9.17) is 4.74 Å². The number of hydrogen-bond donors (Lipinski definition) is 5. The molecule has 5 N–H and O–H groups in total. The highest BCUT2D eigenvalue weighted by Crippen LogP contribution is 2.26. The fourth-order valence-corrected chi connectivity index (χ4v) is 7.15. The lowest BCUT2D eigenvalue weighted by Gasteiger charge is -2.35. The van der Waals surface area contributed by atoms with Crippen LogP contribution in [-0.4, -0.2) is 136 Å². The van der Waals surface area contributed by atoms with Crippen LogP contribution >= 0.6 is 0 Å². The topological polar surface area (TPSA) is 220 Å². The van der Waals surface area contributed by atoms with Crippen LogP contribution in [0.2, 0.25) is 0 Å². The predicted octanol–water partition coefficient (Wildman–Crippen LogP) is -0.202. The number of aromatic nitrogens is 1. The molecular formula is C37H48N8O9. The molecule has 0 bridgehead atoms. The maximum atomic E-state index is 14.4. The minimum Gasteiger partial charge on any atom is -0.461 e. The number of cyclic esters (lactones) is 1. The first kappa shape index (κ1) is 39.6. The third-order valence-corrected chi connectivity index (χ3v) is 9.95. The first-order chi connectivity index (χ1) is 25.9. The number of likely N-dealkylation sites (N-methyl/N-ethyl adjacent to an activating group) is 1. The molecule has 0 saturated carbocycles. The number of hydrogen-bond acceptors (Lipinski definition) is 10. The average Bonchev–Trinajstić information content (AvgIpc) is 3.81. The number of benzene rings is 1. The average molecular weight is 749 g/mol. The summed E-state index contributed by atoms with van der Waals surface area (Å²) in [7, 11) is 1.40. The van der Waals surface area contributed by atoms with Crippen molar-refractivity contribution in [3.63, 3.8) is 0 Å². The van der Waals surface area contributed by atoms with Gasteiger partial charge in [-0.15, -0.1) is 0 Å². The number of nitrogens with zero attached hydrogens (tertiary/aromatic N) is 4. The van der Waals surface area contributed by atoms with Crippen LogP contribution in [0.4, 0.5) is 10.6 Å². The molecule has 0 radical (unpaired) electrons. The monoisotopic (exact) mass is 748 g/mol. The molecule has 7 atom stereocenters. The second-order valence-corrected chi connectivity index (χ2v) is 14.0. The maximum absolute atomic E-state index is 14.4. The van der Waals surface area contributed by atoms with E-state index in [1.165, 1.54) is 34.9 Å². The SMILES string of the molecule is C[C@@H]1C[C@H]2C(=O)OC[C@H](NC(=O)[C@H](Cc3ccccc3)NC(=O)Nc3ccccn3)C(=O)N3CCC[C@H]3C(=O)N(C)[C@@H](CCO)C(=O)N[C@@H](C)C(=O)N2C1. The van der Waals surface area contributed by atoms with E-state index in [1.807, 2.05) is 6.92 Å². The molecule has 1 aromatic heterocycles. The Morgan fingerprint density at radius 1 is 0.981 bits per heavy atom. The number of ether oxygens (including phenoxy) is 1. The third kappa shape index (κ3) is 9.50. The van der Waals surface area contributed by atoms with Crippen LogP contribution in [0.5, 0.6) is 0 Å². The maximum Gasteiger partial charge on any atom is 0.328 e. The highest BCUT2D eigenvalue weighted by molar-refractivity contribution is 5.98. The van der Waals surface area contributed by atoms with Crippen molar-refractivity contribution in [1.82, 2.24) is 35.6 Å². The number of rotatable bonds is 8. The Labute approximate surface area is 313 Å². The summed E-state index contributed by atoms with van der Waals surface area (Å²) in [6, 6.07) is 6.09. The summed E-state index contributed by atoms with van der Waals surface area (Å²) >= 11 is 0. The number of aliphatic hydroxyl groups excluding tert-OH is 1. The van der Waals surface area contributed by atoms with Crippen molar-refractivity contribution >= 4 is 47.4 Å². The normalized spacial score (nSPS) is 26.0. The number of aliphatic hydroxyl groups is 1. The molecule has 4 heterocycles. The molecule has 17 heteroatoms. The summed E-state index contributed by atoms with van der Waals surface area (Å²) in [6.45, 7) is 2.63. The van der Waals surface area contributed by atoms with Crippen molar-refractivity contribution in [2.24, 2.45) is 5.92 Å². The zero-order chi connectivity index (χ0) is 38.9. The predicted molar refractivity (Wildman–Crippen MR) is 193 cm³/mol. The number of carbonyl (C=O) groups is 7. The van der Waals surface area contributed by atoms with Crippen molar-refractivity contribution in [3.05, 3.63) is 60.3 Å². The van der Waals surface area contributed by atoms with Gasteiger partial charge in [0.2, 0.25) is 29.5 Å². The molecule has 5 rings (SSSR count). The van der Waals surface area contributed by atoms with Crippen LogP contribution in [0.15, 0.2) is 54.7 Å². The summed E-state index contributed by atoms with van der Waals surface area (Å²) in [4.78, 5) is 104. The molecule has 7 amide bonds. The van der Waals surface area contributed by atoms with Crippen LogP contribution in [-0.2, 0) is 39.9 Å². The molecule has 0 aliphatic carbocycles. The smallest absolute Gasteiger partial charge is 0.328 e. The number of esters is 1. The van der Waals surface area contributed by atoms with Gasteiger partial charge in [0.25, 0.3) is 0 Å². The second kappa shape index (κ2) is 18.0. The summed E-state index contributed by atoms with van der Waals surface area (Å²) in [5, 5.41) is 20.4. The van der Waals surface area contributed by atoms with Gasteiger partial charge in [-0.25, -0.2) is 14.6 Å². The van der Waals surface area contributed by atoms with Gasteiger partial charge >= 0.3 is 12.0 Å². The van der Waals surface area contributed by atoms with E-state index in [2.05, 4.69) is 26.3 Å². The molecule has 0 unspecified atom stereocenters. The molecule has 3 aliphatic heterocycles. The lowest BCUT2D eigenvalue weighted by molar-refractivity contribution is -0.158. The summed E-state index contributed by atoms with van der Waals surface area (Å²) in [6.07, 6.45) is 2.34. The van der Waals surface area contributed by atoms with Gasteiger partial charge in [-0.1, -0.05) is 43.3 Å². The van der Waals surface area contributed by atoms with Crippen molar-refractivity contribution < 1.29 is 43.4 Å². The van der Waals surface area contributed by atoms with E-state index in [9.17, 15) is 38.7 Å². The fourth-order valence-electron chi connectivity index (χ4n) is 7.15. The number of anilines is 1. The zero-order valence-electron chi connectivity index (χ0n) is 30.6. The van der Waals surface area contributed by atoms with Gasteiger partial charge in [-0.05, 0) is 56.2 Å². The Morgan fingerprint density at radius 2 is 1.72 bits per heavy atom. The van der Waals surface area contributed by atoms with Crippen LogP contribution in [0, 0.1) is 5.92 Å². The van der Waals surface area contributed by atoms with Gasteiger partial charge < -0.3 is 40.5 Å². The molecule has 2 aromatic rings. The minimum absolute atomic E-state index is 0.0299. The van der Waals surface area contributed by atoms with Gasteiger partial charge in [0, 0.05) is 39.4 Å². The molecule has 0 spiro atoms. The van der Waals surface area contributed by atoms with E-state index < -0.39 is 91.0 Å². The standard InChI is InChI=1S/C37H48N8O9/c1-22-18-29-36(52)54-21-26(40-31(47)25(19-24-10-5-4-6-11-24)41-37(53)42-30-13-7-8-15-38-30)34(50)44-16-9-12-28(44)35(51)43(3)27(14-17-46)32(48)39-23(2)33(49)45(29)20-22/h4-8,10-11,13,15,22-23,25-29,46H,9,12,14,16-21H2,1-3H3,(H,39,48)(H,40,47)(H2,38,41,42,53)/t22-,23+,25+,26+,27+,28+,29+/m1/s1. The van der Waals surface area contributed by atoms with E-state index in [0.717, 1.165) is 0 Å². The van der Waals surface area contributed by atoms with Gasteiger partial charge in [-0.2, -0.15) is 0 Å². The molecule has 54 heavy (non-hydrogen) atoms. The Hall–Kier alpha value is -5.58. The van der Waals surface area contributed by atoms with Gasteiger partial charge in [0.1, 0.15) is 48.7 Å². The van der Waals surface area contributed by atoms with E-state index in [1.54, 1.807) is 48.5 Å². The van der Waals surface area contributed by atoms with Crippen LogP contribution in [0.25, 0.3) is 0 Å². The quantitative estimate of drug-likeness (QED) is 0.224. The van der Waals surface area contributed by atoms with Crippen molar-refractivity contribution in [2.75, 3.05) is 38.7 Å². The zero-order valence-corrected chi connectivity index (χ0v) is 30.6. The number of amides is 7. The van der Waals surface area contributed by atoms with Gasteiger partial charge in [-0.3, -0.25) is 29.3 Å². The number of carbonyl (C=O) groups excluding carboxylic acids is 7. The first-order valence-electron chi connectivity index (χ1n) is 18.2. The van der Waals surface area contributed by atoms with E-state index in [0.29, 0.717) is 12.0 Å². The molecule has 1 aromatic carbocycles. The highest BCUT2D eigenvalue weighted by atomic mass is 16.5. The summed E-state index contributed by atoms with van der Waals surface area (Å²) in [5.41, 5.74) is 0.704. The Bertz CT molecular complexity index is 1700. The molecular weight excluding hydrogens is 700 g/mol. The minimum atomic E-state index is -1.49. The molecule has 3 fully saturated rings. The number of urea groups is 1. The molecule has 17 nitrogen and oxygen atoms in total. The van der Waals surface area contributed by atoms with E-state index in [-0.39, 0.29) is 50.5 Å². The number of nitrogens with one attached hydrogen (secondary N) is 4. The molecule has 290 valence electrons. The summed E-state index contributed by atoms with van der Waals surface area (Å²) in [5.74, 6) is -3.93. The second-order valence-electron chi connectivity index (χ2n) is 14.0. The van der Waals surface area contributed by atoms with Crippen molar-refractivity contribution in [1.29, 1.82) is 0 Å². The van der Waals surface area contributed by atoms with Gasteiger partial charge in [0.15, 0.2) is 0 Å².